The molecular weight excluding hydrogens is 135 g/mol. The van der Waals surface area contributed by atoms with E-state index >= 15 is 0 Å². The lowest BCUT2D eigenvalue weighted by Gasteiger charge is -2.36. The van der Waals surface area contributed by atoms with Crippen LogP contribution < -0.4 is 0 Å². The molecule has 1 rings (SSSR count). The number of hydrogen-bond donors (Lipinski definition) is 0. The third kappa shape index (κ3) is 1.22. The van der Waals surface area contributed by atoms with Crippen molar-refractivity contribution in [1.29, 1.82) is 0 Å². The zero-order valence-electron chi connectivity index (χ0n) is 8.18. The highest BCUT2D eigenvalue weighted by atomic mass is 16.5. The van der Waals surface area contributed by atoms with Crippen molar-refractivity contribution in [3.05, 3.63) is 0 Å². The fraction of sp³-hybridized carbons (Fsp3) is 1.00. The maximum absolute atomic E-state index is 5.67. The van der Waals surface area contributed by atoms with Crippen LogP contribution in [0, 0.1) is 5.92 Å². The van der Waals surface area contributed by atoms with E-state index in [1.54, 1.807) is 0 Å². The lowest BCUT2D eigenvalue weighted by Crippen LogP contribution is -2.36. The third-order valence-corrected chi connectivity index (χ3v) is 3.63. The number of ether oxygens (including phenoxy) is 1. The summed E-state index contributed by atoms with van der Waals surface area (Å²) in [5.41, 5.74) is 0.194. The van der Waals surface area contributed by atoms with Crippen LogP contribution in [0.1, 0.15) is 27.2 Å². The quantitative estimate of drug-likeness (QED) is 0.553. The molecule has 0 radical (unpaired) electrons. The zero-order chi connectivity index (χ0) is 8.48. The van der Waals surface area contributed by atoms with Crippen molar-refractivity contribution >= 4 is 7.28 Å². The fourth-order valence-corrected chi connectivity index (χ4v) is 2.72. The molecule has 0 spiro atoms. The summed E-state index contributed by atoms with van der Waals surface area (Å²) in [5, 5.41) is 0. The summed E-state index contributed by atoms with van der Waals surface area (Å²) in [5.74, 6) is 1.49. The summed E-state index contributed by atoms with van der Waals surface area (Å²) in [6, 6.07) is 0. The SMILES string of the molecule is CC[C@]1(OC)C(C)CB[C@@H]1C. The molecule has 64 valence electrons. The Hall–Kier alpha value is 0.0249. The van der Waals surface area contributed by atoms with Crippen LogP contribution in [-0.2, 0) is 4.74 Å². The fourth-order valence-electron chi connectivity index (χ4n) is 2.72. The second-order valence-corrected chi connectivity index (χ2v) is 3.89. The van der Waals surface area contributed by atoms with Crippen LogP contribution in [-0.4, -0.2) is 20.0 Å². The molecule has 1 saturated heterocycles. The van der Waals surface area contributed by atoms with Gasteiger partial charge in [0.2, 0.25) is 0 Å². The molecule has 1 fully saturated rings. The first-order valence-corrected chi connectivity index (χ1v) is 4.72. The monoisotopic (exact) mass is 154 g/mol. The Morgan fingerprint density at radius 3 is 2.36 bits per heavy atom. The standard InChI is InChI=1S/C9H19BO/c1-5-9(11-4)7(2)6-10-8(9)3/h7-8,10H,5-6H2,1-4H3/t7?,8-,9+/m1/s1. The Morgan fingerprint density at radius 1 is 1.55 bits per heavy atom. The largest absolute Gasteiger partial charge is 0.378 e. The second kappa shape index (κ2) is 3.18. The van der Waals surface area contributed by atoms with Crippen LogP contribution in [0.4, 0.5) is 0 Å². The van der Waals surface area contributed by atoms with E-state index < -0.39 is 0 Å². The summed E-state index contributed by atoms with van der Waals surface area (Å²) in [6.07, 6.45) is 2.49. The summed E-state index contributed by atoms with van der Waals surface area (Å²) in [4.78, 5) is 0. The molecule has 0 amide bonds. The van der Waals surface area contributed by atoms with E-state index in [0.29, 0.717) is 0 Å². The van der Waals surface area contributed by atoms with E-state index in [2.05, 4.69) is 20.8 Å². The van der Waals surface area contributed by atoms with Crippen LogP contribution in [0.15, 0.2) is 0 Å². The molecule has 1 nitrogen and oxygen atoms in total. The topological polar surface area (TPSA) is 9.23 Å². The Bertz CT molecular complexity index is 120. The van der Waals surface area contributed by atoms with Crippen molar-refractivity contribution in [3.8, 4) is 0 Å². The molecule has 0 aromatic carbocycles. The number of hydrogen-bond acceptors (Lipinski definition) is 1. The van der Waals surface area contributed by atoms with Gasteiger partial charge >= 0.3 is 0 Å². The minimum absolute atomic E-state index is 0.194. The minimum Gasteiger partial charge on any atom is -0.378 e. The predicted molar refractivity (Wildman–Crippen MR) is 50.6 cm³/mol. The van der Waals surface area contributed by atoms with E-state index in [9.17, 15) is 0 Å². The van der Waals surface area contributed by atoms with Gasteiger partial charge in [0.1, 0.15) is 7.28 Å². The highest BCUT2D eigenvalue weighted by Gasteiger charge is 2.44. The van der Waals surface area contributed by atoms with Gasteiger partial charge in [0, 0.05) is 7.11 Å². The van der Waals surface area contributed by atoms with Gasteiger partial charge in [-0.05, 0) is 18.2 Å². The van der Waals surface area contributed by atoms with E-state index in [4.69, 9.17) is 4.74 Å². The average Bonchev–Trinajstić information content (AvgIpc) is 2.29. The third-order valence-electron chi connectivity index (χ3n) is 3.63. The van der Waals surface area contributed by atoms with Crippen molar-refractivity contribution in [2.75, 3.05) is 7.11 Å². The Morgan fingerprint density at radius 2 is 2.18 bits per heavy atom. The van der Waals surface area contributed by atoms with E-state index in [0.717, 1.165) is 18.2 Å². The maximum atomic E-state index is 5.67. The molecule has 0 bridgehead atoms. The molecule has 3 atom stereocenters. The molecule has 0 N–H and O–H groups in total. The lowest BCUT2D eigenvalue weighted by atomic mass is 9.65. The summed E-state index contributed by atoms with van der Waals surface area (Å²) in [6.45, 7) is 6.87. The highest BCUT2D eigenvalue weighted by molar-refractivity contribution is 6.39. The summed E-state index contributed by atoms with van der Waals surface area (Å²) < 4.78 is 5.67. The molecule has 0 aromatic heterocycles. The van der Waals surface area contributed by atoms with Crippen molar-refractivity contribution in [2.24, 2.45) is 5.92 Å². The predicted octanol–water partition coefficient (Wildman–Crippen LogP) is 2.09. The Labute approximate surface area is 70.8 Å². The maximum Gasteiger partial charge on any atom is 0.127 e. The minimum atomic E-state index is 0.194. The normalized spacial score (nSPS) is 44.0. The molecule has 1 aliphatic heterocycles. The van der Waals surface area contributed by atoms with Gasteiger partial charge in [-0.25, -0.2) is 0 Å². The van der Waals surface area contributed by atoms with E-state index in [-0.39, 0.29) is 5.60 Å². The van der Waals surface area contributed by atoms with Crippen molar-refractivity contribution in [1.82, 2.24) is 0 Å². The smallest absolute Gasteiger partial charge is 0.127 e. The van der Waals surface area contributed by atoms with Crippen molar-refractivity contribution in [2.45, 2.75) is 44.9 Å². The molecule has 2 heteroatoms. The van der Waals surface area contributed by atoms with Gasteiger partial charge in [0.25, 0.3) is 0 Å². The first-order chi connectivity index (χ1) is 5.17. The van der Waals surface area contributed by atoms with Crippen LogP contribution in [0.25, 0.3) is 0 Å². The second-order valence-electron chi connectivity index (χ2n) is 3.89. The summed E-state index contributed by atoms with van der Waals surface area (Å²) >= 11 is 0. The molecule has 1 aliphatic rings. The molecular formula is C9H19BO. The number of methoxy groups -OCH3 is 1. The van der Waals surface area contributed by atoms with Gasteiger partial charge in [-0.2, -0.15) is 0 Å². The van der Waals surface area contributed by atoms with Crippen LogP contribution in [0.3, 0.4) is 0 Å². The molecule has 11 heavy (non-hydrogen) atoms. The lowest BCUT2D eigenvalue weighted by molar-refractivity contribution is -0.0437. The first-order valence-electron chi connectivity index (χ1n) is 4.72. The van der Waals surface area contributed by atoms with Gasteiger partial charge in [-0.3, -0.25) is 0 Å². The average molecular weight is 154 g/mol. The van der Waals surface area contributed by atoms with Gasteiger partial charge < -0.3 is 4.74 Å². The molecule has 0 aromatic rings. The van der Waals surface area contributed by atoms with E-state index in [1.165, 1.54) is 13.6 Å². The van der Waals surface area contributed by atoms with Gasteiger partial charge in [-0.15, -0.1) is 0 Å². The van der Waals surface area contributed by atoms with Gasteiger partial charge in [0.15, 0.2) is 0 Å². The molecule has 1 heterocycles. The molecule has 0 saturated carbocycles. The molecule has 0 aliphatic carbocycles. The Kier molecular flexibility index (Phi) is 2.63. The number of rotatable bonds is 2. The van der Waals surface area contributed by atoms with Crippen molar-refractivity contribution in [3.63, 3.8) is 0 Å². The van der Waals surface area contributed by atoms with Gasteiger partial charge in [0.05, 0.1) is 5.60 Å². The first kappa shape index (κ1) is 9.12. The van der Waals surface area contributed by atoms with Crippen LogP contribution >= 0.6 is 0 Å². The summed E-state index contributed by atoms with van der Waals surface area (Å²) in [7, 11) is 3.20. The van der Waals surface area contributed by atoms with Crippen molar-refractivity contribution < 1.29 is 4.74 Å². The zero-order valence-corrected chi connectivity index (χ0v) is 8.18. The highest BCUT2D eigenvalue weighted by Crippen LogP contribution is 2.44. The Balaban J connectivity index is 2.76. The van der Waals surface area contributed by atoms with E-state index in [1.807, 2.05) is 7.11 Å². The molecule has 1 unspecified atom stereocenters. The van der Waals surface area contributed by atoms with Crippen LogP contribution in [0.5, 0.6) is 0 Å². The van der Waals surface area contributed by atoms with Gasteiger partial charge in [-0.1, -0.05) is 27.1 Å². The van der Waals surface area contributed by atoms with Crippen LogP contribution in [0.2, 0.25) is 12.1 Å².